The van der Waals surface area contributed by atoms with E-state index >= 15 is 0 Å². The fourth-order valence-electron chi connectivity index (χ4n) is 2.96. The summed E-state index contributed by atoms with van der Waals surface area (Å²) in [6.45, 7) is 2.28. The van der Waals surface area contributed by atoms with Crippen molar-refractivity contribution in [1.82, 2.24) is 4.72 Å². The second-order valence-electron chi connectivity index (χ2n) is 6.11. The number of para-hydroxylation sites is 1. The summed E-state index contributed by atoms with van der Waals surface area (Å²) < 4.78 is 27.4. The van der Waals surface area contributed by atoms with Crippen LogP contribution in [0.25, 0.3) is 0 Å². The summed E-state index contributed by atoms with van der Waals surface area (Å²) in [5.74, 6) is -0.144. The Hall–Kier alpha value is -2.18. The zero-order valence-corrected chi connectivity index (χ0v) is 14.3. The Bertz CT molecular complexity index is 834. The van der Waals surface area contributed by atoms with Gasteiger partial charge in [0.05, 0.1) is 5.75 Å². The van der Waals surface area contributed by atoms with Gasteiger partial charge in [0.1, 0.15) is 0 Å². The van der Waals surface area contributed by atoms with Crippen molar-refractivity contribution in [3.63, 3.8) is 0 Å². The van der Waals surface area contributed by atoms with Crippen molar-refractivity contribution in [2.24, 2.45) is 0 Å². The molecule has 0 bridgehead atoms. The van der Waals surface area contributed by atoms with E-state index in [4.69, 9.17) is 0 Å². The SMILES string of the molecule is Cc1cccc(CS(=O)(=O)NC2CC(=O)N(c3ccccc3)C2)c1. The van der Waals surface area contributed by atoms with Crippen LogP contribution in [0.2, 0.25) is 0 Å². The lowest BCUT2D eigenvalue weighted by Gasteiger charge is -2.17. The molecule has 2 aromatic rings. The second kappa shape index (κ2) is 6.75. The fraction of sp³-hybridized carbons (Fsp3) is 0.278. The van der Waals surface area contributed by atoms with Gasteiger partial charge in [0.15, 0.2) is 0 Å². The zero-order valence-electron chi connectivity index (χ0n) is 13.5. The first-order valence-corrected chi connectivity index (χ1v) is 9.49. The lowest BCUT2D eigenvalue weighted by Crippen LogP contribution is -2.37. The van der Waals surface area contributed by atoms with Crippen LogP contribution in [0.5, 0.6) is 0 Å². The van der Waals surface area contributed by atoms with Gasteiger partial charge in [-0.2, -0.15) is 0 Å². The standard InChI is InChI=1S/C18H20N2O3S/c1-14-6-5-7-15(10-14)13-24(22,23)19-16-11-18(21)20(12-16)17-8-3-2-4-9-17/h2-10,16,19H,11-13H2,1H3. The van der Waals surface area contributed by atoms with Crippen LogP contribution in [0.1, 0.15) is 17.5 Å². The summed E-state index contributed by atoms with van der Waals surface area (Å²) in [6, 6.07) is 16.3. The molecule has 3 rings (SSSR count). The van der Waals surface area contributed by atoms with Gasteiger partial charge in [0.25, 0.3) is 0 Å². The highest BCUT2D eigenvalue weighted by molar-refractivity contribution is 7.88. The highest BCUT2D eigenvalue weighted by Crippen LogP contribution is 2.21. The van der Waals surface area contributed by atoms with E-state index in [1.54, 1.807) is 11.0 Å². The third-order valence-corrected chi connectivity index (χ3v) is 5.38. The highest BCUT2D eigenvalue weighted by Gasteiger charge is 2.33. The number of carbonyl (C=O) groups excluding carboxylic acids is 1. The molecule has 0 aliphatic carbocycles. The molecule has 1 N–H and O–H groups in total. The quantitative estimate of drug-likeness (QED) is 0.904. The van der Waals surface area contributed by atoms with E-state index in [9.17, 15) is 13.2 Å². The van der Waals surface area contributed by atoms with Crippen molar-refractivity contribution in [1.29, 1.82) is 0 Å². The van der Waals surface area contributed by atoms with Crippen LogP contribution in [-0.4, -0.2) is 26.9 Å². The van der Waals surface area contributed by atoms with Gasteiger partial charge in [-0.25, -0.2) is 13.1 Å². The minimum Gasteiger partial charge on any atom is -0.311 e. The largest absolute Gasteiger partial charge is 0.311 e. The third kappa shape index (κ3) is 4.01. The Morgan fingerprint density at radius 1 is 1.12 bits per heavy atom. The number of benzene rings is 2. The van der Waals surface area contributed by atoms with Crippen molar-refractivity contribution in [3.8, 4) is 0 Å². The summed E-state index contributed by atoms with van der Waals surface area (Å²) in [6.07, 6.45) is 0.182. The van der Waals surface area contributed by atoms with Gasteiger partial charge >= 0.3 is 0 Å². The molecule has 1 atom stereocenters. The Labute approximate surface area is 142 Å². The molecule has 1 aliphatic heterocycles. The maximum atomic E-state index is 12.4. The van der Waals surface area contributed by atoms with E-state index in [0.29, 0.717) is 6.54 Å². The molecule has 6 heteroatoms. The molecule has 1 aliphatic rings. The van der Waals surface area contributed by atoms with Crippen molar-refractivity contribution >= 4 is 21.6 Å². The molecule has 126 valence electrons. The number of aryl methyl sites for hydroxylation is 1. The van der Waals surface area contributed by atoms with E-state index in [2.05, 4.69) is 4.72 Å². The number of nitrogens with zero attached hydrogens (tertiary/aromatic N) is 1. The average molecular weight is 344 g/mol. The topological polar surface area (TPSA) is 66.5 Å². The Morgan fingerprint density at radius 2 is 1.88 bits per heavy atom. The number of hydrogen-bond donors (Lipinski definition) is 1. The Kier molecular flexibility index (Phi) is 4.69. The first-order chi connectivity index (χ1) is 11.4. The van der Waals surface area contributed by atoms with Crippen LogP contribution in [0.15, 0.2) is 54.6 Å². The molecule has 5 nitrogen and oxygen atoms in total. The highest BCUT2D eigenvalue weighted by atomic mass is 32.2. The monoisotopic (exact) mass is 344 g/mol. The first kappa shape index (κ1) is 16.7. The van der Waals surface area contributed by atoms with Crippen LogP contribution in [0.4, 0.5) is 5.69 Å². The van der Waals surface area contributed by atoms with Crippen molar-refractivity contribution in [2.45, 2.75) is 25.1 Å². The van der Waals surface area contributed by atoms with Crippen LogP contribution < -0.4 is 9.62 Å². The van der Waals surface area contributed by atoms with Gasteiger partial charge in [0.2, 0.25) is 15.9 Å². The maximum absolute atomic E-state index is 12.4. The number of nitrogens with one attached hydrogen (secondary N) is 1. The summed E-state index contributed by atoms with van der Waals surface area (Å²) in [5.41, 5.74) is 2.56. The lowest BCUT2D eigenvalue weighted by molar-refractivity contribution is -0.117. The zero-order chi connectivity index (χ0) is 17.2. The Morgan fingerprint density at radius 3 is 2.58 bits per heavy atom. The van der Waals surface area contributed by atoms with Gasteiger partial charge in [-0.05, 0) is 24.6 Å². The molecular formula is C18H20N2O3S. The fourth-order valence-corrected chi connectivity index (χ4v) is 4.33. The van der Waals surface area contributed by atoms with E-state index in [0.717, 1.165) is 16.8 Å². The van der Waals surface area contributed by atoms with Gasteiger partial charge in [0, 0.05) is 24.7 Å². The average Bonchev–Trinajstić information content (AvgIpc) is 2.87. The molecule has 0 saturated carbocycles. The maximum Gasteiger partial charge on any atom is 0.228 e. The predicted octanol–water partition coefficient (Wildman–Crippen LogP) is 2.22. The first-order valence-electron chi connectivity index (χ1n) is 7.84. The molecule has 1 fully saturated rings. The molecule has 0 spiro atoms. The molecular weight excluding hydrogens is 324 g/mol. The van der Waals surface area contributed by atoms with E-state index in [-0.39, 0.29) is 18.1 Å². The molecule has 0 radical (unpaired) electrons. The van der Waals surface area contributed by atoms with Gasteiger partial charge < -0.3 is 4.90 Å². The molecule has 0 aromatic heterocycles. The minimum absolute atomic E-state index is 0.0653. The predicted molar refractivity (Wildman–Crippen MR) is 94.1 cm³/mol. The normalized spacial score (nSPS) is 18.1. The molecule has 1 unspecified atom stereocenters. The van der Waals surface area contributed by atoms with E-state index in [1.165, 1.54) is 0 Å². The van der Waals surface area contributed by atoms with Gasteiger partial charge in [-0.1, -0.05) is 48.0 Å². The molecule has 2 aromatic carbocycles. The van der Waals surface area contributed by atoms with E-state index < -0.39 is 16.1 Å². The van der Waals surface area contributed by atoms with Crippen molar-refractivity contribution < 1.29 is 13.2 Å². The lowest BCUT2D eigenvalue weighted by atomic mass is 10.2. The van der Waals surface area contributed by atoms with Gasteiger partial charge in [-0.15, -0.1) is 0 Å². The van der Waals surface area contributed by atoms with Crippen LogP contribution >= 0.6 is 0 Å². The number of rotatable bonds is 5. The third-order valence-electron chi connectivity index (χ3n) is 3.98. The van der Waals surface area contributed by atoms with Crippen molar-refractivity contribution in [3.05, 3.63) is 65.7 Å². The summed E-state index contributed by atoms with van der Waals surface area (Å²) in [4.78, 5) is 13.8. The molecule has 1 amide bonds. The minimum atomic E-state index is -3.49. The molecule has 1 saturated heterocycles. The Balaban J connectivity index is 1.67. The smallest absolute Gasteiger partial charge is 0.228 e. The number of hydrogen-bond acceptors (Lipinski definition) is 3. The number of carbonyl (C=O) groups is 1. The summed E-state index contributed by atoms with van der Waals surface area (Å²) >= 11 is 0. The number of anilines is 1. The summed E-state index contributed by atoms with van der Waals surface area (Å²) in [5, 5.41) is 0. The van der Waals surface area contributed by atoms with E-state index in [1.807, 2.05) is 55.5 Å². The van der Waals surface area contributed by atoms with Crippen LogP contribution in [0.3, 0.4) is 0 Å². The van der Waals surface area contributed by atoms with Crippen LogP contribution in [0, 0.1) is 6.92 Å². The van der Waals surface area contributed by atoms with Crippen LogP contribution in [-0.2, 0) is 20.6 Å². The number of sulfonamides is 1. The van der Waals surface area contributed by atoms with Gasteiger partial charge in [-0.3, -0.25) is 4.79 Å². The number of amides is 1. The summed E-state index contributed by atoms with van der Waals surface area (Å²) in [7, 11) is -3.49. The second-order valence-corrected chi connectivity index (χ2v) is 7.86. The van der Waals surface area contributed by atoms with Crippen molar-refractivity contribution in [2.75, 3.05) is 11.4 Å². The molecule has 1 heterocycles. The molecule has 24 heavy (non-hydrogen) atoms.